The van der Waals surface area contributed by atoms with Crippen LogP contribution in [0.3, 0.4) is 0 Å². The predicted octanol–water partition coefficient (Wildman–Crippen LogP) is 15.0. The molecule has 0 N–H and O–H groups in total. The Bertz CT molecular complexity index is 3360. The maximum absolute atomic E-state index is 7.74. The Labute approximate surface area is 396 Å². The molecular formula is C58H53IrN3OSi-2. The SMILES string of the molecule is C[Si](C)(C)c1ccc(-c2[c-]cccc2)nc1.[2H]C([2H])([2H])c1ccc(-c2ccc3c(c2)oc2c(-c4nc5ccccc5n4-c4c(C)cc(C(C)(C)C)cc4-c4ccccc4)[c-]cc(C)c23)cc1.[Ir]. The molecule has 0 unspecified atom stereocenters. The van der Waals surface area contributed by atoms with Crippen LogP contribution in [0.25, 0.3) is 83.6 Å². The summed E-state index contributed by atoms with van der Waals surface area (Å²) in [5.41, 5.74) is 15.2. The molecule has 64 heavy (non-hydrogen) atoms. The number of fused-ring (bicyclic) bond motifs is 4. The second-order valence-electron chi connectivity index (χ2n) is 18.5. The third-order valence-corrected chi connectivity index (χ3v) is 13.9. The largest absolute Gasteiger partial charge is 0.501 e. The fraction of sp³-hybridized carbons (Fsp3) is 0.172. The first-order valence-electron chi connectivity index (χ1n) is 23.1. The van der Waals surface area contributed by atoms with Crippen LogP contribution in [0.2, 0.25) is 19.6 Å². The molecule has 0 aliphatic carbocycles. The van der Waals surface area contributed by atoms with E-state index < -0.39 is 14.9 Å². The minimum atomic E-state index is -2.14. The molecule has 7 aromatic carbocycles. The number of rotatable bonds is 6. The van der Waals surface area contributed by atoms with Crippen molar-refractivity contribution in [2.24, 2.45) is 0 Å². The molecule has 0 bridgehead atoms. The number of para-hydroxylation sites is 2. The number of hydrogen-bond donors (Lipinski definition) is 0. The number of furan rings is 1. The zero-order valence-corrected chi connectivity index (χ0v) is 41.0. The molecule has 10 aromatic rings. The summed E-state index contributed by atoms with van der Waals surface area (Å²) >= 11 is 0. The van der Waals surface area contributed by atoms with Gasteiger partial charge in [0.05, 0.1) is 30.5 Å². The number of aryl methyl sites for hydroxylation is 3. The summed E-state index contributed by atoms with van der Waals surface area (Å²) in [5, 5.41) is 3.43. The molecule has 1 radical (unpaired) electrons. The van der Waals surface area contributed by atoms with Gasteiger partial charge >= 0.3 is 0 Å². The fourth-order valence-corrected chi connectivity index (χ4v) is 9.34. The van der Waals surface area contributed by atoms with Crippen molar-refractivity contribution in [3.8, 4) is 50.6 Å². The molecule has 321 valence electrons. The fourth-order valence-electron chi connectivity index (χ4n) is 8.31. The van der Waals surface area contributed by atoms with E-state index in [1.54, 1.807) is 12.1 Å². The van der Waals surface area contributed by atoms with Gasteiger partial charge in [-0.2, -0.15) is 0 Å². The number of imidazole rings is 1. The Morgan fingerprint density at radius 3 is 2.14 bits per heavy atom. The van der Waals surface area contributed by atoms with Crippen LogP contribution in [-0.4, -0.2) is 22.6 Å². The maximum Gasteiger partial charge on any atom is 0.121 e. The van der Waals surface area contributed by atoms with Gasteiger partial charge in [-0.15, -0.1) is 53.6 Å². The summed E-state index contributed by atoms with van der Waals surface area (Å²) in [7, 11) is -1.23. The van der Waals surface area contributed by atoms with Crippen LogP contribution in [0.5, 0.6) is 0 Å². The first-order valence-corrected chi connectivity index (χ1v) is 25.1. The third kappa shape index (κ3) is 8.71. The number of benzene rings is 7. The Kier molecular flexibility index (Phi) is 11.3. The van der Waals surface area contributed by atoms with Gasteiger partial charge in [-0.25, -0.2) is 0 Å². The molecule has 0 atom stereocenters. The van der Waals surface area contributed by atoms with Crippen molar-refractivity contribution in [3.05, 3.63) is 192 Å². The molecule has 3 heterocycles. The van der Waals surface area contributed by atoms with Crippen molar-refractivity contribution in [2.75, 3.05) is 0 Å². The van der Waals surface area contributed by atoms with E-state index >= 15 is 0 Å². The normalized spacial score (nSPS) is 12.6. The quantitative estimate of drug-likeness (QED) is 0.123. The minimum absolute atomic E-state index is 0. The zero-order valence-electron chi connectivity index (χ0n) is 40.6. The standard InChI is InChI=1S/C44H37N2O.C14H16NSi.Ir/c1-27-16-19-30(20-17-27)32-21-23-34-39(25-32)47-42-35(22-18-28(2)40(34)42)43-45-37-14-10-11-15-38(37)46(43)41-29(3)24-33(44(4,5)6)26-36(41)31-12-8-7-9-13-31;1-16(2,3)13-9-10-14(15-11-13)12-7-5-4-6-8-12;/h7-21,23-26H,1-6H3;4-7,9-11H,1-3H3;/q2*-1;/i1D3;;. The van der Waals surface area contributed by atoms with Gasteiger partial charge in [-0.05, 0) is 82.2 Å². The van der Waals surface area contributed by atoms with Gasteiger partial charge < -0.3 is 14.0 Å². The van der Waals surface area contributed by atoms with E-state index in [9.17, 15) is 0 Å². The first-order chi connectivity index (χ1) is 31.5. The van der Waals surface area contributed by atoms with E-state index in [0.717, 1.165) is 94.7 Å². The number of pyridine rings is 1. The van der Waals surface area contributed by atoms with Gasteiger partial charge in [0, 0.05) is 47.1 Å². The Morgan fingerprint density at radius 1 is 0.719 bits per heavy atom. The molecule has 0 aliphatic heterocycles. The molecule has 0 amide bonds. The van der Waals surface area contributed by atoms with Crippen molar-refractivity contribution in [1.29, 1.82) is 0 Å². The van der Waals surface area contributed by atoms with Crippen molar-refractivity contribution < 1.29 is 28.6 Å². The Morgan fingerprint density at radius 2 is 1.45 bits per heavy atom. The van der Waals surface area contributed by atoms with Crippen molar-refractivity contribution in [3.63, 3.8) is 0 Å². The summed E-state index contributed by atoms with van der Waals surface area (Å²) in [4.78, 5) is 9.79. The summed E-state index contributed by atoms with van der Waals surface area (Å²) in [6, 6.07) is 57.8. The number of nitrogens with zero attached hydrogens (tertiary/aromatic N) is 3. The van der Waals surface area contributed by atoms with E-state index in [4.69, 9.17) is 13.5 Å². The number of hydrogen-bond acceptors (Lipinski definition) is 3. The molecule has 0 saturated heterocycles. The average molecular weight is 1030 g/mol. The van der Waals surface area contributed by atoms with Gasteiger partial charge in [0.2, 0.25) is 0 Å². The zero-order chi connectivity index (χ0) is 46.5. The second-order valence-corrected chi connectivity index (χ2v) is 23.5. The van der Waals surface area contributed by atoms with E-state index in [1.807, 2.05) is 60.8 Å². The average Bonchev–Trinajstić information content (AvgIpc) is 3.88. The van der Waals surface area contributed by atoms with Crippen LogP contribution in [0.15, 0.2) is 162 Å². The van der Waals surface area contributed by atoms with Crippen LogP contribution >= 0.6 is 0 Å². The molecule has 6 heteroatoms. The Hall–Kier alpha value is -6.17. The molecule has 0 saturated carbocycles. The summed E-state index contributed by atoms with van der Waals surface area (Å²) in [6.45, 7) is 15.9. The molecule has 3 aromatic heterocycles. The molecular weight excluding hydrogens is 975 g/mol. The van der Waals surface area contributed by atoms with Gasteiger partial charge in [-0.3, -0.25) is 4.98 Å². The van der Waals surface area contributed by atoms with Crippen molar-refractivity contribution in [1.82, 2.24) is 14.5 Å². The van der Waals surface area contributed by atoms with Gasteiger partial charge in [0.25, 0.3) is 0 Å². The van der Waals surface area contributed by atoms with E-state index in [2.05, 4.69) is 161 Å². The first kappa shape index (κ1) is 40.6. The Balaban J connectivity index is 0.000000303. The van der Waals surface area contributed by atoms with Crippen LogP contribution < -0.4 is 5.19 Å². The molecule has 0 fully saturated rings. The van der Waals surface area contributed by atoms with Crippen LogP contribution in [0.1, 0.15) is 47.1 Å². The van der Waals surface area contributed by atoms with E-state index in [-0.39, 0.29) is 25.5 Å². The minimum Gasteiger partial charge on any atom is -0.501 e. The van der Waals surface area contributed by atoms with Gasteiger partial charge in [-0.1, -0.05) is 161 Å². The molecule has 0 spiro atoms. The smallest absolute Gasteiger partial charge is 0.121 e. The van der Waals surface area contributed by atoms with Crippen LogP contribution in [0.4, 0.5) is 0 Å². The van der Waals surface area contributed by atoms with Crippen molar-refractivity contribution >= 4 is 46.2 Å². The third-order valence-electron chi connectivity index (χ3n) is 11.8. The maximum atomic E-state index is 7.74. The van der Waals surface area contributed by atoms with Crippen molar-refractivity contribution in [2.45, 2.75) is 66.5 Å². The van der Waals surface area contributed by atoms with Gasteiger partial charge in [0.15, 0.2) is 0 Å². The van der Waals surface area contributed by atoms with E-state index in [0.29, 0.717) is 5.56 Å². The van der Waals surface area contributed by atoms with Crippen LogP contribution in [0, 0.1) is 32.8 Å². The predicted molar refractivity (Wildman–Crippen MR) is 268 cm³/mol. The topological polar surface area (TPSA) is 43.9 Å². The molecule has 10 rings (SSSR count). The summed E-state index contributed by atoms with van der Waals surface area (Å²) < 4.78 is 32.3. The molecule has 4 nitrogen and oxygen atoms in total. The summed E-state index contributed by atoms with van der Waals surface area (Å²) in [5.74, 6) is 0.763. The molecule has 0 aliphatic rings. The van der Waals surface area contributed by atoms with Gasteiger partial charge in [0.1, 0.15) is 5.58 Å². The summed E-state index contributed by atoms with van der Waals surface area (Å²) in [6.07, 6.45) is 2.02. The second kappa shape index (κ2) is 17.8. The van der Waals surface area contributed by atoms with Crippen LogP contribution in [-0.2, 0) is 25.5 Å². The van der Waals surface area contributed by atoms with E-state index in [1.165, 1.54) is 10.8 Å². The monoisotopic (exact) mass is 1030 g/mol. The number of aromatic nitrogens is 3.